The van der Waals surface area contributed by atoms with Crippen molar-refractivity contribution in [1.29, 1.82) is 0 Å². The fourth-order valence-corrected chi connectivity index (χ4v) is 15.7. The van der Waals surface area contributed by atoms with E-state index in [2.05, 4.69) is 46.6 Å². The SMILES string of the molecule is CC(=O)O.CC(NO)c1cc2ccccc2s1.CC(c1cc2ccccc2s1)N(O)C(=O)O.CC(c1cc2ccccc2s1)N(O)C(N)=O.CC(c1cc2ccccc2s1)N(O)C(N)=O.CC(c1cc2ccccc2s1)N(O)C([NH3+])(O)O.CC(c1cc2ccccc2s1)N(O)C([NH3+])([O-])O.CN.CN.O.O. The number of carboxylic acid groups (broad SMARTS) is 2. The van der Waals surface area contributed by atoms with Crippen molar-refractivity contribution in [3.8, 4) is 0 Å². The number of benzene rings is 6. The molecule has 0 spiro atoms. The molecule has 7 atom stereocenters. The highest BCUT2D eigenvalue weighted by atomic mass is 32.1. The van der Waals surface area contributed by atoms with Gasteiger partial charge in [-0.2, -0.15) is 20.7 Å². The Morgan fingerprint density at radius 1 is 0.410 bits per heavy atom. The molecule has 0 radical (unpaired) electrons. The van der Waals surface area contributed by atoms with Crippen molar-refractivity contribution in [2.24, 2.45) is 22.9 Å². The van der Waals surface area contributed by atoms with Gasteiger partial charge in [0.1, 0.15) is 0 Å². The first kappa shape index (κ1) is 92.7. The highest BCUT2D eigenvalue weighted by Gasteiger charge is 2.36. The molecule has 6 heterocycles. The lowest BCUT2D eigenvalue weighted by Gasteiger charge is -2.35. The second kappa shape index (κ2) is 43.9. The van der Waals surface area contributed by atoms with Crippen LogP contribution in [-0.4, -0.2) is 143 Å². The molecule has 12 rings (SSSR count). The monoisotopic (exact) mass is 1570 g/mol. The number of hydrogen-bond acceptors (Lipinski definition) is 25. The molecule has 0 saturated carbocycles. The predicted octanol–water partition coefficient (Wildman–Crippen LogP) is 9.68. The summed E-state index contributed by atoms with van der Waals surface area (Å²) in [5.74, 6) is -0.833. The Hall–Kier alpha value is -8.40. The van der Waals surface area contributed by atoms with Crippen molar-refractivity contribution in [3.63, 3.8) is 0 Å². The van der Waals surface area contributed by atoms with E-state index in [-0.39, 0.29) is 17.0 Å². The van der Waals surface area contributed by atoms with Crippen LogP contribution in [0.3, 0.4) is 0 Å². The minimum absolute atomic E-state index is 0. The molecule has 6 aromatic carbocycles. The molecule has 30 nitrogen and oxygen atoms in total. The van der Waals surface area contributed by atoms with Crippen molar-refractivity contribution in [2.75, 3.05) is 14.1 Å². The van der Waals surface area contributed by atoms with E-state index in [1.165, 1.54) is 58.2 Å². The molecule has 0 fully saturated rings. The Morgan fingerprint density at radius 3 is 0.810 bits per heavy atom. The van der Waals surface area contributed by atoms with Crippen LogP contribution in [0.25, 0.3) is 60.5 Å². The number of fused-ring (bicyclic) bond motifs is 6. The molecule has 36 heteroatoms. The quantitative estimate of drug-likeness (QED) is 0.0273. The van der Waals surface area contributed by atoms with Crippen LogP contribution < -0.4 is 45.0 Å². The number of hydroxylamine groups is 11. The summed E-state index contributed by atoms with van der Waals surface area (Å²) in [6.45, 7) is 11.4. The van der Waals surface area contributed by atoms with E-state index in [1.807, 2.05) is 171 Å². The molecule has 7 unspecified atom stereocenters. The molecular formula is C69H93N12O18S6+. The molecule has 572 valence electrons. The number of carbonyl (C=O) groups is 4. The van der Waals surface area contributed by atoms with Gasteiger partial charge >= 0.3 is 24.2 Å². The number of carbonyl (C=O) groups excluding carboxylic acids is 2. The van der Waals surface area contributed by atoms with Crippen LogP contribution in [0.15, 0.2) is 182 Å². The largest absolute Gasteiger partial charge is 0.764 e. The maximum absolute atomic E-state index is 11.2. The minimum atomic E-state index is -2.74. The third kappa shape index (κ3) is 27.2. The first-order valence-electron chi connectivity index (χ1n) is 31.1. The second-order valence-corrected chi connectivity index (χ2v) is 28.8. The van der Waals surface area contributed by atoms with E-state index in [0.717, 1.165) is 86.6 Å². The molecule has 0 aliphatic heterocycles. The Balaban J connectivity index is 0.000000418. The summed E-state index contributed by atoms with van der Waals surface area (Å²) in [6.07, 6.45) is -1.34. The number of hydrogen-bond donors (Lipinski definition) is 18. The molecule has 0 aliphatic rings. The summed E-state index contributed by atoms with van der Waals surface area (Å²) in [5.41, 5.74) is 27.3. The van der Waals surface area contributed by atoms with Crippen LogP contribution in [-0.2, 0) is 4.79 Å². The van der Waals surface area contributed by atoms with Crippen LogP contribution in [0, 0.1) is 0 Å². The molecule has 0 aliphatic carbocycles. The molecule has 105 heavy (non-hydrogen) atoms. The van der Waals surface area contributed by atoms with E-state index in [9.17, 15) is 55.7 Å². The number of aliphatic carboxylic acids is 1. The van der Waals surface area contributed by atoms with Crippen LogP contribution in [0.5, 0.6) is 0 Å². The van der Waals surface area contributed by atoms with Crippen LogP contribution in [0.4, 0.5) is 14.4 Å². The van der Waals surface area contributed by atoms with E-state index >= 15 is 0 Å². The number of rotatable bonds is 14. The number of primary amides is 2. The average molecular weight is 1570 g/mol. The van der Waals surface area contributed by atoms with Crippen LogP contribution in [0.1, 0.15) is 114 Å². The van der Waals surface area contributed by atoms with Gasteiger partial charge in [-0.15, -0.1) is 73.1 Å². The fraction of sp³-hybridized carbons (Fsp3) is 0.246. The summed E-state index contributed by atoms with van der Waals surface area (Å²) >= 11 is 9.25. The van der Waals surface area contributed by atoms with Gasteiger partial charge in [0.2, 0.25) is 6.03 Å². The van der Waals surface area contributed by atoms with Gasteiger partial charge < -0.3 is 85.9 Å². The predicted molar refractivity (Wildman–Crippen MR) is 410 cm³/mol. The van der Waals surface area contributed by atoms with Gasteiger partial charge in [-0.05, 0) is 161 Å². The normalized spacial score (nSPS) is 12.9. The Morgan fingerprint density at radius 2 is 0.610 bits per heavy atom. The van der Waals surface area contributed by atoms with E-state index < -0.39 is 66.4 Å². The molecule has 0 bridgehead atoms. The zero-order valence-electron chi connectivity index (χ0n) is 58.7. The number of nitrogens with one attached hydrogen (secondary N) is 1. The zero-order valence-corrected chi connectivity index (χ0v) is 63.6. The summed E-state index contributed by atoms with van der Waals surface area (Å²) in [6, 6.07) is 49.7. The van der Waals surface area contributed by atoms with Crippen molar-refractivity contribution >= 4 is 153 Å². The first-order valence-corrected chi connectivity index (χ1v) is 36.0. The van der Waals surface area contributed by atoms with E-state index in [4.69, 9.17) is 36.8 Å². The number of aliphatic hydroxyl groups is 3. The number of nitrogens with zero attached hydrogens (tertiary/aromatic N) is 5. The van der Waals surface area contributed by atoms with Gasteiger partial charge in [0.15, 0.2) is 0 Å². The summed E-state index contributed by atoms with van der Waals surface area (Å²) in [7, 11) is 3.00. The standard InChI is InChI=1S/C11H14N2O3S.C11H13N2O3S.2C11H12N2O2S.C11H11NO3S.C10H11NOS.C2H4O2.2CH5N.2H2O/c2*1-7(13(16)11(12,14)15)10-6-8-4-2-3-5-9(8)17-10;2*1-7(13(15)11(12)14)10-6-8-4-2-3-5-9(8)16-10;1-7(12(15)11(13)14)10-6-8-4-2-3-5-9(8)16-10;1-7(11-12)10-6-8-4-2-3-5-9(8)13-10;1-2(3)4;2*1-2;;/h2-7,14-16H,12H2,1H3;2-7,14,16H,12H2,1H3;2*2-7,15H,1H3,(H2,12,14);2-7,15H,1H3,(H,13,14);2-7,11-12H,1H3;1H3,(H,3,4);2*2H2,1H3;2*1H2/q;-1;;;;;;;;;/p+2. The van der Waals surface area contributed by atoms with Crippen LogP contribution >= 0.6 is 68.0 Å². The summed E-state index contributed by atoms with van der Waals surface area (Å²) in [4.78, 5) is 46.7. The third-order valence-corrected chi connectivity index (χ3v) is 22.3. The van der Waals surface area contributed by atoms with Gasteiger partial charge in [0, 0.05) is 64.4 Å². The van der Waals surface area contributed by atoms with Gasteiger partial charge in [0.05, 0.1) is 36.3 Å². The van der Waals surface area contributed by atoms with E-state index in [1.54, 1.807) is 68.6 Å². The maximum atomic E-state index is 11.2. The number of nitrogens with two attached hydrogens (primary N) is 4. The van der Waals surface area contributed by atoms with Crippen molar-refractivity contribution in [3.05, 3.63) is 211 Å². The van der Waals surface area contributed by atoms with E-state index in [0.29, 0.717) is 25.3 Å². The Kier molecular flexibility index (Phi) is 38.8. The van der Waals surface area contributed by atoms with Gasteiger partial charge in [-0.3, -0.25) is 26.1 Å². The lowest BCUT2D eigenvalue weighted by molar-refractivity contribution is -0.836. The van der Waals surface area contributed by atoms with Crippen molar-refractivity contribution in [1.82, 2.24) is 30.8 Å². The molecule has 6 aromatic heterocycles. The number of amides is 5. The molecule has 5 amide bonds. The molecule has 30 N–H and O–H groups in total. The topological polar surface area (TPSA) is 564 Å². The molecular weight excluding hydrogens is 1480 g/mol. The number of carboxylic acids is 1. The first-order chi connectivity index (χ1) is 48.6. The highest BCUT2D eigenvalue weighted by molar-refractivity contribution is 7.20. The molecule has 0 saturated heterocycles. The lowest BCUT2D eigenvalue weighted by atomic mass is 10.2. The number of urea groups is 2. The highest BCUT2D eigenvalue weighted by Crippen LogP contribution is 2.37. The van der Waals surface area contributed by atoms with Crippen LogP contribution in [0.2, 0.25) is 0 Å². The van der Waals surface area contributed by atoms with Crippen molar-refractivity contribution < 1.29 is 103 Å². The van der Waals surface area contributed by atoms with Gasteiger partial charge in [-0.1, -0.05) is 114 Å². The number of quaternary nitrogens is 2. The second-order valence-electron chi connectivity index (χ2n) is 22.1. The molecule has 12 aromatic rings. The third-order valence-electron chi connectivity index (χ3n) is 14.6. The van der Waals surface area contributed by atoms with Gasteiger partial charge in [0.25, 0.3) is 5.97 Å². The minimum Gasteiger partial charge on any atom is -0.764 e. The summed E-state index contributed by atoms with van der Waals surface area (Å²) < 4.78 is 6.77. The fourth-order valence-electron chi connectivity index (χ4n) is 9.08. The Bertz CT molecular complexity index is 4070. The van der Waals surface area contributed by atoms with Gasteiger partial charge in [-0.25, -0.2) is 14.4 Å². The lowest BCUT2D eigenvalue weighted by Crippen LogP contribution is -2.86. The summed E-state index contributed by atoms with van der Waals surface area (Å²) in [5, 5.41) is 120. The smallest absolute Gasteiger partial charge is 0.431 e. The number of thiophene rings is 6. The average Bonchev–Trinajstić information content (AvgIpc) is 1.75. The maximum Gasteiger partial charge on any atom is 0.431 e. The Labute approximate surface area is 628 Å². The zero-order chi connectivity index (χ0) is 77.2. The van der Waals surface area contributed by atoms with Crippen molar-refractivity contribution in [2.45, 2.75) is 96.8 Å².